The summed E-state index contributed by atoms with van der Waals surface area (Å²) in [6.07, 6.45) is 3.11. The molecule has 1 N–H and O–H groups in total. The van der Waals surface area contributed by atoms with E-state index in [0.717, 1.165) is 5.69 Å². The van der Waals surface area contributed by atoms with E-state index >= 15 is 0 Å². The molecule has 0 fully saturated rings. The molecule has 0 saturated carbocycles. The van der Waals surface area contributed by atoms with E-state index in [-0.39, 0.29) is 18.3 Å². The molecule has 0 saturated heterocycles. The van der Waals surface area contributed by atoms with Crippen LogP contribution in [0.25, 0.3) is 0 Å². The molecule has 0 aliphatic heterocycles. The number of anilines is 1. The van der Waals surface area contributed by atoms with E-state index in [1.807, 2.05) is 25.1 Å². The van der Waals surface area contributed by atoms with Gasteiger partial charge in [-0.3, -0.25) is 4.98 Å². The molecule has 0 atom stereocenters. The van der Waals surface area contributed by atoms with E-state index < -0.39 is 10.0 Å². The standard InChI is InChI=1S/C13H19N5O3S/c1-17(2)12-5-4-11(14-9-12)8-16-22(19,20)13-6-7-15-18(13)10-21-3/h4-7,9,16H,8,10H2,1-3H3. The number of rotatable bonds is 7. The average Bonchev–Trinajstić information content (AvgIpc) is 2.95. The van der Waals surface area contributed by atoms with Crippen LogP contribution in [0.5, 0.6) is 0 Å². The van der Waals surface area contributed by atoms with Gasteiger partial charge in [-0.2, -0.15) is 5.10 Å². The second kappa shape index (κ2) is 6.86. The van der Waals surface area contributed by atoms with Crippen LogP contribution in [0.15, 0.2) is 35.6 Å². The van der Waals surface area contributed by atoms with Crippen molar-refractivity contribution < 1.29 is 13.2 Å². The van der Waals surface area contributed by atoms with E-state index in [2.05, 4.69) is 14.8 Å². The van der Waals surface area contributed by atoms with E-state index in [9.17, 15) is 8.42 Å². The number of hydrogen-bond acceptors (Lipinski definition) is 6. The number of nitrogens with one attached hydrogen (secondary N) is 1. The number of pyridine rings is 1. The molecule has 22 heavy (non-hydrogen) atoms. The highest BCUT2D eigenvalue weighted by molar-refractivity contribution is 7.89. The van der Waals surface area contributed by atoms with Crippen LogP contribution < -0.4 is 9.62 Å². The predicted octanol–water partition coefficient (Wildman–Crippen LogP) is 0.426. The second-order valence-electron chi connectivity index (χ2n) is 4.81. The van der Waals surface area contributed by atoms with Crippen LogP contribution >= 0.6 is 0 Å². The molecule has 8 nitrogen and oxygen atoms in total. The summed E-state index contributed by atoms with van der Waals surface area (Å²) in [6.45, 7) is 0.174. The number of methoxy groups -OCH3 is 1. The lowest BCUT2D eigenvalue weighted by Crippen LogP contribution is -2.26. The fourth-order valence-corrected chi connectivity index (χ4v) is 2.90. The zero-order valence-electron chi connectivity index (χ0n) is 12.7. The fourth-order valence-electron chi connectivity index (χ4n) is 1.80. The Morgan fingerprint density at radius 1 is 1.32 bits per heavy atom. The molecule has 0 aliphatic rings. The summed E-state index contributed by atoms with van der Waals surface area (Å²) < 4.78 is 33.2. The third kappa shape index (κ3) is 3.81. The third-order valence-corrected chi connectivity index (χ3v) is 4.39. The van der Waals surface area contributed by atoms with Crippen molar-refractivity contribution in [3.05, 3.63) is 36.3 Å². The largest absolute Gasteiger partial charge is 0.376 e. The van der Waals surface area contributed by atoms with Crippen molar-refractivity contribution in [1.29, 1.82) is 0 Å². The Morgan fingerprint density at radius 2 is 2.09 bits per heavy atom. The topological polar surface area (TPSA) is 89.3 Å². The van der Waals surface area contributed by atoms with Crippen LogP contribution in [-0.4, -0.2) is 44.4 Å². The summed E-state index contributed by atoms with van der Waals surface area (Å²) in [5.41, 5.74) is 1.58. The van der Waals surface area contributed by atoms with Gasteiger partial charge in [0.25, 0.3) is 10.0 Å². The van der Waals surface area contributed by atoms with Crippen LogP contribution in [0.2, 0.25) is 0 Å². The highest BCUT2D eigenvalue weighted by Crippen LogP contribution is 2.11. The summed E-state index contributed by atoms with van der Waals surface area (Å²) in [5, 5.41) is 3.96. The summed E-state index contributed by atoms with van der Waals surface area (Å²) in [4.78, 5) is 6.15. The molecular formula is C13H19N5O3S. The summed E-state index contributed by atoms with van der Waals surface area (Å²) in [6, 6.07) is 5.08. The molecule has 0 amide bonds. The highest BCUT2D eigenvalue weighted by atomic mass is 32.2. The normalized spacial score (nSPS) is 11.6. The van der Waals surface area contributed by atoms with Crippen molar-refractivity contribution in [2.75, 3.05) is 26.1 Å². The Labute approximate surface area is 129 Å². The maximum absolute atomic E-state index is 12.3. The minimum atomic E-state index is -3.67. The number of hydrogen-bond donors (Lipinski definition) is 1. The first-order valence-electron chi connectivity index (χ1n) is 6.56. The summed E-state index contributed by atoms with van der Waals surface area (Å²) in [5.74, 6) is 0. The molecule has 2 heterocycles. The maximum Gasteiger partial charge on any atom is 0.258 e. The Morgan fingerprint density at radius 3 is 2.68 bits per heavy atom. The molecular weight excluding hydrogens is 306 g/mol. The van der Waals surface area contributed by atoms with Crippen LogP contribution in [-0.2, 0) is 28.0 Å². The first-order valence-corrected chi connectivity index (χ1v) is 8.05. The molecule has 0 aromatic carbocycles. The van der Waals surface area contributed by atoms with Gasteiger partial charge >= 0.3 is 0 Å². The minimum absolute atomic E-state index is 0.0549. The average molecular weight is 325 g/mol. The predicted molar refractivity (Wildman–Crippen MR) is 81.8 cm³/mol. The lowest BCUT2D eigenvalue weighted by atomic mass is 10.3. The highest BCUT2D eigenvalue weighted by Gasteiger charge is 2.19. The van der Waals surface area contributed by atoms with Crippen molar-refractivity contribution >= 4 is 15.7 Å². The van der Waals surface area contributed by atoms with Gasteiger partial charge in [-0.05, 0) is 18.2 Å². The van der Waals surface area contributed by atoms with Crippen molar-refractivity contribution in [2.24, 2.45) is 0 Å². The first-order chi connectivity index (χ1) is 10.4. The van der Waals surface area contributed by atoms with Gasteiger partial charge in [0.2, 0.25) is 0 Å². The van der Waals surface area contributed by atoms with Gasteiger partial charge in [0.1, 0.15) is 6.73 Å². The van der Waals surface area contributed by atoms with Crippen LogP contribution in [0.3, 0.4) is 0 Å². The van der Waals surface area contributed by atoms with E-state index in [1.54, 1.807) is 12.3 Å². The molecule has 2 aromatic rings. The molecule has 9 heteroatoms. The molecule has 0 bridgehead atoms. The van der Waals surface area contributed by atoms with E-state index in [4.69, 9.17) is 4.74 Å². The van der Waals surface area contributed by atoms with Gasteiger partial charge in [-0.1, -0.05) is 0 Å². The smallest absolute Gasteiger partial charge is 0.258 e. The van der Waals surface area contributed by atoms with Gasteiger partial charge in [0, 0.05) is 21.2 Å². The number of ether oxygens (including phenoxy) is 1. The monoisotopic (exact) mass is 325 g/mol. The lowest BCUT2D eigenvalue weighted by Gasteiger charge is -2.12. The van der Waals surface area contributed by atoms with Gasteiger partial charge in [-0.15, -0.1) is 0 Å². The Bertz CT molecular complexity index is 710. The molecule has 0 spiro atoms. The van der Waals surface area contributed by atoms with Gasteiger partial charge < -0.3 is 9.64 Å². The fraction of sp³-hybridized carbons (Fsp3) is 0.385. The minimum Gasteiger partial charge on any atom is -0.376 e. The molecule has 120 valence electrons. The van der Waals surface area contributed by atoms with Gasteiger partial charge in [0.15, 0.2) is 5.03 Å². The van der Waals surface area contributed by atoms with E-state index in [0.29, 0.717) is 5.69 Å². The molecule has 2 rings (SSSR count). The zero-order chi connectivity index (χ0) is 16.2. The molecule has 2 aromatic heterocycles. The van der Waals surface area contributed by atoms with Crippen molar-refractivity contribution in [3.8, 4) is 0 Å². The van der Waals surface area contributed by atoms with Crippen LogP contribution in [0, 0.1) is 0 Å². The summed E-state index contributed by atoms with van der Waals surface area (Å²) >= 11 is 0. The second-order valence-corrected chi connectivity index (χ2v) is 6.53. The first kappa shape index (κ1) is 16.4. The van der Waals surface area contributed by atoms with Crippen molar-refractivity contribution in [3.63, 3.8) is 0 Å². The molecule has 0 radical (unpaired) electrons. The van der Waals surface area contributed by atoms with Crippen LogP contribution in [0.4, 0.5) is 5.69 Å². The molecule has 0 unspecified atom stereocenters. The van der Waals surface area contributed by atoms with Crippen molar-refractivity contribution in [1.82, 2.24) is 19.5 Å². The number of nitrogens with zero attached hydrogens (tertiary/aromatic N) is 4. The molecule has 0 aliphatic carbocycles. The Balaban J connectivity index is 2.07. The Kier molecular flexibility index (Phi) is 5.11. The summed E-state index contributed by atoms with van der Waals surface area (Å²) in [7, 11) is 1.63. The number of aromatic nitrogens is 3. The van der Waals surface area contributed by atoms with E-state index in [1.165, 1.54) is 24.1 Å². The maximum atomic E-state index is 12.3. The van der Waals surface area contributed by atoms with Crippen molar-refractivity contribution in [2.45, 2.75) is 18.3 Å². The lowest BCUT2D eigenvalue weighted by molar-refractivity contribution is 0.112. The van der Waals surface area contributed by atoms with Crippen LogP contribution in [0.1, 0.15) is 5.69 Å². The quantitative estimate of drug-likeness (QED) is 0.794. The number of sulfonamides is 1. The zero-order valence-corrected chi connectivity index (χ0v) is 13.5. The SMILES string of the molecule is COCn1nccc1S(=O)(=O)NCc1ccc(N(C)C)cn1. The van der Waals surface area contributed by atoms with Gasteiger partial charge in [-0.25, -0.2) is 17.8 Å². The third-order valence-electron chi connectivity index (χ3n) is 2.97. The Hall–Kier alpha value is -1.97. The van der Waals surface area contributed by atoms with Gasteiger partial charge in [0.05, 0.1) is 30.3 Å².